The average molecular weight is 318 g/mol. The molecule has 0 radical (unpaired) electrons. The van der Waals surface area contributed by atoms with Crippen molar-refractivity contribution in [1.29, 1.82) is 5.26 Å². The number of aryl methyl sites for hydroxylation is 3. The number of thioether (sulfide) groups is 1. The summed E-state index contributed by atoms with van der Waals surface area (Å²) in [5.74, 6) is 1.64. The van der Waals surface area contributed by atoms with Crippen molar-refractivity contribution in [1.82, 2.24) is 9.97 Å². The Labute approximate surface area is 134 Å². The van der Waals surface area contributed by atoms with Crippen molar-refractivity contribution >= 4 is 23.4 Å². The van der Waals surface area contributed by atoms with Gasteiger partial charge in [-0.25, -0.2) is 9.97 Å². The van der Waals surface area contributed by atoms with Crippen LogP contribution in [0.4, 0.5) is 0 Å². The molecule has 2 rings (SSSR count). The number of aromatic nitrogens is 2. The van der Waals surface area contributed by atoms with Crippen molar-refractivity contribution in [3.8, 4) is 6.07 Å². The number of hydrogen-bond donors (Lipinski definition) is 0. The van der Waals surface area contributed by atoms with E-state index in [4.69, 9.17) is 11.6 Å². The van der Waals surface area contributed by atoms with E-state index >= 15 is 0 Å². The molecule has 0 unspecified atom stereocenters. The zero-order valence-corrected chi connectivity index (χ0v) is 13.6. The second kappa shape index (κ2) is 7.44. The minimum absolute atomic E-state index is 0.595. The Kier molecular flexibility index (Phi) is 5.60. The number of hydrogen-bond acceptors (Lipinski definition) is 4. The predicted octanol–water partition coefficient (Wildman–Crippen LogP) is 4.34. The average Bonchev–Trinajstić information content (AvgIpc) is 2.45. The Hall–Kier alpha value is -1.57. The fraction of sp³-hybridized carbons (Fsp3) is 0.312. The number of nitrogens with zero attached hydrogens (tertiary/aromatic N) is 3. The highest BCUT2D eigenvalue weighted by atomic mass is 35.5. The van der Waals surface area contributed by atoms with Crippen LogP contribution < -0.4 is 0 Å². The third-order valence-electron chi connectivity index (χ3n) is 3.04. The van der Waals surface area contributed by atoms with E-state index in [0.717, 1.165) is 34.3 Å². The van der Waals surface area contributed by atoms with E-state index in [1.807, 2.05) is 38.1 Å². The molecule has 3 nitrogen and oxygen atoms in total. The maximum atomic E-state index is 9.19. The SMILES string of the molecule is Cc1nc(C)c(C#N)c(SCCCc2ccc(Cl)cc2)n1. The fourth-order valence-corrected chi connectivity index (χ4v) is 3.15. The van der Waals surface area contributed by atoms with Gasteiger partial charge in [-0.05, 0) is 50.1 Å². The Morgan fingerprint density at radius 1 is 1.19 bits per heavy atom. The number of nitriles is 1. The second-order valence-corrected chi connectivity index (χ2v) is 6.25. The molecule has 0 bridgehead atoms. The fourth-order valence-electron chi connectivity index (χ4n) is 2.01. The van der Waals surface area contributed by atoms with Crippen molar-refractivity contribution in [3.63, 3.8) is 0 Å². The van der Waals surface area contributed by atoms with Crippen LogP contribution >= 0.6 is 23.4 Å². The lowest BCUT2D eigenvalue weighted by atomic mass is 10.1. The summed E-state index contributed by atoms with van der Waals surface area (Å²) in [4.78, 5) is 8.60. The van der Waals surface area contributed by atoms with E-state index in [-0.39, 0.29) is 0 Å². The third kappa shape index (κ3) is 4.45. The smallest absolute Gasteiger partial charge is 0.126 e. The van der Waals surface area contributed by atoms with Gasteiger partial charge in [0.25, 0.3) is 0 Å². The van der Waals surface area contributed by atoms with Gasteiger partial charge in [0.15, 0.2) is 0 Å². The largest absolute Gasteiger partial charge is 0.237 e. The highest BCUT2D eigenvalue weighted by Crippen LogP contribution is 2.23. The van der Waals surface area contributed by atoms with E-state index in [9.17, 15) is 5.26 Å². The first-order chi connectivity index (χ1) is 10.1. The van der Waals surface area contributed by atoms with Gasteiger partial charge in [-0.3, -0.25) is 0 Å². The summed E-state index contributed by atoms with van der Waals surface area (Å²) >= 11 is 7.49. The molecule has 0 spiro atoms. The van der Waals surface area contributed by atoms with E-state index in [0.29, 0.717) is 11.4 Å². The van der Waals surface area contributed by atoms with Crippen molar-refractivity contribution < 1.29 is 0 Å². The zero-order valence-electron chi connectivity index (χ0n) is 12.1. The zero-order chi connectivity index (χ0) is 15.2. The maximum absolute atomic E-state index is 9.19. The summed E-state index contributed by atoms with van der Waals surface area (Å²) in [6.45, 7) is 3.71. The molecule has 1 aromatic carbocycles. The van der Waals surface area contributed by atoms with Gasteiger partial charge < -0.3 is 0 Å². The van der Waals surface area contributed by atoms with Gasteiger partial charge in [0, 0.05) is 5.02 Å². The molecule has 0 fully saturated rings. The number of rotatable bonds is 5. The van der Waals surface area contributed by atoms with Crippen LogP contribution in [0.5, 0.6) is 0 Å². The highest BCUT2D eigenvalue weighted by Gasteiger charge is 2.10. The monoisotopic (exact) mass is 317 g/mol. The van der Waals surface area contributed by atoms with E-state index in [1.54, 1.807) is 11.8 Å². The van der Waals surface area contributed by atoms with Crippen molar-refractivity contribution in [2.45, 2.75) is 31.7 Å². The summed E-state index contributed by atoms with van der Waals surface area (Å²) in [5, 5.41) is 10.7. The summed E-state index contributed by atoms with van der Waals surface area (Å²) in [5.41, 5.74) is 2.62. The Morgan fingerprint density at radius 3 is 2.57 bits per heavy atom. The van der Waals surface area contributed by atoms with E-state index in [2.05, 4.69) is 16.0 Å². The standard InChI is InChI=1S/C16H16ClN3S/c1-11-15(10-18)16(20-12(2)19-11)21-9-3-4-13-5-7-14(17)8-6-13/h5-8H,3-4,9H2,1-2H3. The first-order valence-electron chi connectivity index (χ1n) is 6.72. The molecule has 0 aliphatic heterocycles. The predicted molar refractivity (Wildman–Crippen MR) is 86.7 cm³/mol. The summed E-state index contributed by atoms with van der Waals surface area (Å²) in [6.07, 6.45) is 2.02. The van der Waals surface area contributed by atoms with Crippen LogP contribution in [0.25, 0.3) is 0 Å². The van der Waals surface area contributed by atoms with Crippen LogP contribution in [0.15, 0.2) is 29.3 Å². The molecule has 0 aliphatic rings. The van der Waals surface area contributed by atoms with Crippen molar-refractivity contribution in [2.75, 3.05) is 5.75 Å². The highest BCUT2D eigenvalue weighted by molar-refractivity contribution is 7.99. The van der Waals surface area contributed by atoms with Crippen molar-refractivity contribution in [2.24, 2.45) is 0 Å². The quantitative estimate of drug-likeness (QED) is 0.467. The van der Waals surface area contributed by atoms with Crippen LogP contribution in [0.3, 0.4) is 0 Å². The van der Waals surface area contributed by atoms with Crippen molar-refractivity contribution in [3.05, 3.63) is 51.9 Å². The molecule has 21 heavy (non-hydrogen) atoms. The molecule has 0 saturated heterocycles. The molecular formula is C16H16ClN3S. The molecule has 2 aromatic rings. The molecule has 0 atom stereocenters. The molecule has 0 amide bonds. The molecule has 108 valence electrons. The lowest BCUT2D eigenvalue weighted by molar-refractivity contribution is 0.908. The van der Waals surface area contributed by atoms with Gasteiger partial charge in [0.2, 0.25) is 0 Å². The van der Waals surface area contributed by atoms with Gasteiger partial charge in [-0.2, -0.15) is 5.26 Å². The number of halogens is 1. The lowest BCUT2D eigenvalue weighted by Crippen LogP contribution is -1.99. The number of benzene rings is 1. The van der Waals surface area contributed by atoms with Gasteiger partial charge in [-0.15, -0.1) is 11.8 Å². The van der Waals surface area contributed by atoms with Crippen LogP contribution in [-0.2, 0) is 6.42 Å². The molecule has 5 heteroatoms. The summed E-state index contributed by atoms with van der Waals surface area (Å²) < 4.78 is 0. The molecular weight excluding hydrogens is 302 g/mol. The minimum Gasteiger partial charge on any atom is -0.237 e. The lowest BCUT2D eigenvalue weighted by Gasteiger charge is -2.06. The maximum Gasteiger partial charge on any atom is 0.126 e. The molecule has 1 heterocycles. The van der Waals surface area contributed by atoms with Gasteiger partial charge >= 0.3 is 0 Å². The molecule has 0 N–H and O–H groups in total. The minimum atomic E-state index is 0.595. The van der Waals surface area contributed by atoms with Crippen LogP contribution in [0.2, 0.25) is 5.02 Å². The van der Waals surface area contributed by atoms with Crippen LogP contribution in [0.1, 0.15) is 29.1 Å². The van der Waals surface area contributed by atoms with Gasteiger partial charge in [0.05, 0.1) is 5.69 Å². The van der Waals surface area contributed by atoms with E-state index < -0.39 is 0 Å². The molecule has 0 saturated carbocycles. The van der Waals surface area contributed by atoms with Gasteiger partial charge in [-0.1, -0.05) is 23.7 Å². The van der Waals surface area contributed by atoms with Gasteiger partial charge in [0.1, 0.15) is 22.5 Å². The first kappa shape index (κ1) is 15.8. The second-order valence-electron chi connectivity index (χ2n) is 4.73. The summed E-state index contributed by atoms with van der Waals surface area (Å²) in [6, 6.07) is 10.1. The normalized spacial score (nSPS) is 10.4. The molecule has 1 aromatic heterocycles. The topological polar surface area (TPSA) is 49.6 Å². The van der Waals surface area contributed by atoms with E-state index in [1.165, 1.54) is 5.56 Å². The Bertz CT molecular complexity index is 662. The van der Waals surface area contributed by atoms with Crippen LogP contribution in [-0.4, -0.2) is 15.7 Å². The summed E-state index contributed by atoms with van der Waals surface area (Å²) in [7, 11) is 0. The first-order valence-corrected chi connectivity index (χ1v) is 8.09. The Balaban J connectivity index is 1.92. The third-order valence-corrected chi connectivity index (χ3v) is 4.36. The molecule has 0 aliphatic carbocycles. The van der Waals surface area contributed by atoms with Crippen LogP contribution in [0, 0.1) is 25.2 Å². The Morgan fingerprint density at radius 2 is 1.90 bits per heavy atom.